The quantitative estimate of drug-likeness (QED) is 0.904. The lowest BCUT2D eigenvalue weighted by Crippen LogP contribution is -2.32. The van der Waals surface area contributed by atoms with E-state index in [2.05, 4.69) is 24.1 Å². The Morgan fingerprint density at radius 1 is 1.42 bits per heavy atom. The highest BCUT2D eigenvalue weighted by Crippen LogP contribution is 1.99. The Bertz CT molecular complexity index is 646. The predicted molar refractivity (Wildman–Crippen MR) is 73.3 cm³/mol. The summed E-state index contributed by atoms with van der Waals surface area (Å²) in [4.78, 5) is 28.2. The first-order chi connectivity index (χ1) is 9.09. The molecule has 0 radical (unpaired) electrons. The van der Waals surface area contributed by atoms with Gasteiger partial charge in [0, 0.05) is 18.9 Å². The van der Waals surface area contributed by atoms with Crippen molar-refractivity contribution in [1.29, 1.82) is 0 Å². The first kappa shape index (κ1) is 13.3. The summed E-state index contributed by atoms with van der Waals surface area (Å²) < 4.78 is 1.37. The minimum absolute atomic E-state index is 0.0763. The molecule has 2 aromatic heterocycles. The van der Waals surface area contributed by atoms with Crippen molar-refractivity contribution in [2.75, 3.05) is 6.54 Å². The van der Waals surface area contributed by atoms with Crippen LogP contribution in [0.4, 0.5) is 0 Å². The molecule has 100 valence electrons. The van der Waals surface area contributed by atoms with E-state index in [1.165, 1.54) is 10.6 Å². The summed E-state index contributed by atoms with van der Waals surface area (Å²) in [6, 6.07) is 5.25. The van der Waals surface area contributed by atoms with Gasteiger partial charge in [0.25, 0.3) is 11.5 Å². The summed E-state index contributed by atoms with van der Waals surface area (Å²) in [7, 11) is 0. The Kier molecular flexibility index (Phi) is 3.94. The molecule has 5 nitrogen and oxygen atoms in total. The van der Waals surface area contributed by atoms with Crippen LogP contribution >= 0.6 is 0 Å². The lowest BCUT2D eigenvalue weighted by atomic mass is 10.1. The Morgan fingerprint density at radius 2 is 2.21 bits per heavy atom. The van der Waals surface area contributed by atoms with E-state index in [1.54, 1.807) is 24.4 Å². The van der Waals surface area contributed by atoms with Crippen LogP contribution in [0.1, 0.15) is 30.6 Å². The van der Waals surface area contributed by atoms with Crippen LogP contribution in [0, 0.1) is 5.92 Å². The molecule has 0 aliphatic rings. The molecule has 0 aromatic carbocycles. The summed E-state index contributed by atoms with van der Waals surface area (Å²) >= 11 is 0. The minimum Gasteiger partial charge on any atom is -0.352 e. The molecule has 0 atom stereocenters. The van der Waals surface area contributed by atoms with E-state index in [4.69, 9.17) is 0 Å². The highest BCUT2D eigenvalue weighted by molar-refractivity contribution is 5.93. The molecule has 19 heavy (non-hydrogen) atoms. The number of fused-ring (bicyclic) bond motifs is 1. The van der Waals surface area contributed by atoms with Crippen molar-refractivity contribution in [1.82, 2.24) is 14.7 Å². The predicted octanol–water partition coefficient (Wildman–Crippen LogP) is 1.47. The van der Waals surface area contributed by atoms with E-state index in [0.29, 0.717) is 18.1 Å². The molecular weight excluding hydrogens is 242 g/mol. The van der Waals surface area contributed by atoms with E-state index in [9.17, 15) is 9.59 Å². The van der Waals surface area contributed by atoms with Crippen molar-refractivity contribution in [3.63, 3.8) is 0 Å². The molecule has 0 saturated heterocycles. The van der Waals surface area contributed by atoms with Crippen molar-refractivity contribution in [3.05, 3.63) is 46.5 Å². The Labute approximate surface area is 111 Å². The average Bonchev–Trinajstić information content (AvgIpc) is 2.39. The topological polar surface area (TPSA) is 63.5 Å². The van der Waals surface area contributed by atoms with E-state index in [1.807, 2.05) is 0 Å². The van der Waals surface area contributed by atoms with Gasteiger partial charge in [-0.05, 0) is 24.5 Å². The molecule has 1 amide bonds. The summed E-state index contributed by atoms with van der Waals surface area (Å²) in [5.74, 6) is 0.146. The number of nitrogens with zero attached hydrogens (tertiary/aromatic N) is 2. The molecule has 0 bridgehead atoms. The van der Waals surface area contributed by atoms with Crippen LogP contribution in [-0.2, 0) is 0 Å². The maximum Gasteiger partial charge on any atom is 0.270 e. The van der Waals surface area contributed by atoms with Crippen LogP contribution in [0.2, 0.25) is 0 Å². The number of amides is 1. The normalized spacial score (nSPS) is 10.9. The largest absolute Gasteiger partial charge is 0.352 e. The molecule has 0 aliphatic carbocycles. The molecule has 0 fully saturated rings. The molecule has 0 spiro atoms. The molecule has 0 unspecified atom stereocenters. The summed E-state index contributed by atoms with van der Waals surface area (Å²) in [6.45, 7) is 4.73. The molecule has 1 N–H and O–H groups in total. The van der Waals surface area contributed by atoms with Gasteiger partial charge in [-0.15, -0.1) is 0 Å². The molecule has 2 aromatic rings. The number of hydrogen-bond donors (Lipinski definition) is 1. The molecular formula is C14H17N3O2. The van der Waals surface area contributed by atoms with Gasteiger partial charge in [-0.2, -0.15) is 0 Å². The lowest BCUT2D eigenvalue weighted by Gasteiger charge is -2.07. The zero-order valence-corrected chi connectivity index (χ0v) is 11.1. The van der Waals surface area contributed by atoms with Crippen molar-refractivity contribution >= 4 is 11.6 Å². The van der Waals surface area contributed by atoms with Crippen LogP contribution in [0.5, 0.6) is 0 Å². The fraction of sp³-hybridized carbons (Fsp3) is 0.357. The average molecular weight is 259 g/mol. The second-order valence-electron chi connectivity index (χ2n) is 4.84. The van der Waals surface area contributed by atoms with E-state index in [0.717, 1.165) is 6.42 Å². The Balaban J connectivity index is 2.23. The third-order valence-corrected chi connectivity index (χ3v) is 2.87. The minimum atomic E-state index is -0.364. The fourth-order valence-electron chi connectivity index (χ4n) is 1.75. The zero-order chi connectivity index (χ0) is 13.8. The van der Waals surface area contributed by atoms with Crippen molar-refractivity contribution < 1.29 is 4.79 Å². The van der Waals surface area contributed by atoms with Crippen LogP contribution < -0.4 is 10.9 Å². The lowest BCUT2D eigenvalue weighted by molar-refractivity contribution is 0.0950. The van der Waals surface area contributed by atoms with E-state index < -0.39 is 0 Å². The number of hydrogen-bond acceptors (Lipinski definition) is 3. The van der Waals surface area contributed by atoms with Gasteiger partial charge in [-0.25, -0.2) is 4.98 Å². The monoisotopic (exact) mass is 259 g/mol. The Morgan fingerprint density at radius 3 is 2.95 bits per heavy atom. The van der Waals surface area contributed by atoms with Crippen LogP contribution in [0.15, 0.2) is 35.4 Å². The second-order valence-corrected chi connectivity index (χ2v) is 4.84. The molecule has 5 heteroatoms. The smallest absolute Gasteiger partial charge is 0.270 e. The van der Waals surface area contributed by atoms with Crippen LogP contribution in [0.3, 0.4) is 0 Å². The highest BCUT2D eigenvalue weighted by Gasteiger charge is 2.12. The standard InChI is InChI=1S/C14H17N3O2/c1-10(2)6-7-15-13(18)11-9-16-12-5-3-4-8-17(12)14(11)19/h3-5,8-10H,6-7H2,1-2H3,(H,15,18). The molecule has 0 aliphatic heterocycles. The summed E-state index contributed by atoms with van der Waals surface area (Å²) in [5.41, 5.74) is 0.270. The van der Waals surface area contributed by atoms with E-state index >= 15 is 0 Å². The third kappa shape index (κ3) is 2.99. The van der Waals surface area contributed by atoms with Gasteiger partial charge in [-0.1, -0.05) is 19.9 Å². The SMILES string of the molecule is CC(C)CCNC(=O)c1cnc2ccccn2c1=O. The van der Waals surface area contributed by atoms with Crippen molar-refractivity contribution in [2.45, 2.75) is 20.3 Å². The molecule has 0 saturated carbocycles. The highest BCUT2D eigenvalue weighted by atomic mass is 16.2. The zero-order valence-electron chi connectivity index (χ0n) is 11.1. The molecule has 2 heterocycles. The van der Waals surface area contributed by atoms with Crippen molar-refractivity contribution in [3.8, 4) is 0 Å². The van der Waals surface area contributed by atoms with Gasteiger partial charge in [-0.3, -0.25) is 14.0 Å². The van der Waals surface area contributed by atoms with Gasteiger partial charge >= 0.3 is 0 Å². The van der Waals surface area contributed by atoms with E-state index in [-0.39, 0.29) is 17.0 Å². The van der Waals surface area contributed by atoms with Gasteiger partial charge in [0.05, 0.1) is 0 Å². The van der Waals surface area contributed by atoms with Gasteiger partial charge in [0.2, 0.25) is 0 Å². The van der Waals surface area contributed by atoms with Gasteiger partial charge < -0.3 is 5.32 Å². The first-order valence-electron chi connectivity index (χ1n) is 6.34. The maximum atomic E-state index is 12.1. The van der Waals surface area contributed by atoms with Gasteiger partial charge in [0.1, 0.15) is 11.2 Å². The number of carbonyl (C=O) groups is 1. The number of aromatic nitrogens is 2. The summed E-state index contributed by atoms with van der Waals surface area (Å²) in [5, 5.41) is 2.74. The second kappa shape index (κ2) is 5.65. The number of rotatable bonds is 4. The van der Waals surface area contributed by atoms with Crippen LogP contribution in [0.25, 0.3) is 5.65 Å². The third-order valence-electron chi connectivity index (χ3n) is 2.87. The number of pyridine rings is 1. The molecule has 2 rings (SSSR count). The Hall–Kier alpha value is -2.17. The van der Waals surface area contributed by atoms with Gasteiger partial charge in [0.15, 0.2) is 0 Å². The first-order valence-corrected chi connectivity index (χ1v) is 6.34. The summed E-state index contributed by atoms with van der Waals surface area (Å²) in [6.07, 6.45) is 3.83. The fourth-order valence-corrected chi connectivity index (χ4v) is 1.75. The number of carbonyl (C=O) groups excluding carboxylic acids is 1. The maximum absolute atomic E-state index is 12.1. The van der Waals surface area contributed by atoms with Crippen LogP contribution in [-0.4, -0.2) is 21.8 Å². The number of nitrogens with one attached hydrogen (secondary N) is 1. The van der Waals surface area contributed by atoms with Crippen molar-refractivity contribution in [2.24, 2.45) is 5.92 Å².